The second kappa shape index (κ2) is 7.28. The third-order valence-corrected chi connectivity index (χ3v) is 4.98. The third kappa shape index (κ3) is 3.59. The molecule has 1 aliphatic heterocycles. The molecule has 2 heterocycles. The molecule has 1 fully saturated rings. The smallest absolute Gasteiger partial charge is 0.174 e. The zero-order valence-corrected chi connectivity index (χ0v) is 15.3. The first-order valence-corrected chi connectivity index (χ1v) is 9.03. The summed E-state index contributed by atoms with van der Waals surface area (Å²) < 4.78 is 11.8. The number of nitrogens with zero attached hydrogens (tertiary/aromatic N) is 3. The normalized spacial score (nSPS) is 16.7. The molecule has 0 amide bonds. The second-order valence-electron chi connectivity index (χ2n) is 6.91. The molecule has 0 radical (unpaired) electrons. The molecule has 1 aromatic heterocycles. The van der Waals surface area contributed by atoms with Gasteiger partial charge in [0.15, 0.2) is 5.76 Å². The third-order valence-electron chi connectivity index (χ3n) is 4.98. The van der Waals surface area contributed by atoms with Gasteiger partial charge in [-0.3, -0.25) is 0 Å². The number of nitrogens with two attached hydrogens (primary N) is 2. The van der Waals surface area contributed by atoms with Gasteiger partial charge >= 0.3 is 0 Å². The van der Waals surface area contributed by atoms with Crippen molar-refractivity contribution in [3.05, 3.63) is 48.0 Å². The summed E-state index contributed by atoms with van der Waals surface area (Å²) in [4.78, 5) is 2.32. The van der Waals surface area contributed by atoms with Crippen LogP contribution in [-0.4, -0.2) is 42.1 Å². The largest absolute Gasteiger partial charge is 0.490 e. The molecule has 4 rings (SSSR count). The van der Waals surface area contributed by atoms with Gasteiger partial charge in [0.1, 0.15) is 23.2 Å². The van der Waals surface area contributed by atoms with Crippen molar-refractivity contribution in [3.63, 3.8) is 0 Å². The maximum absolute atomic E-state index is 6.19. The van der Waals surface area contributed by atoms with Gasteiger partial charge in [0.2, 0.25) is 0 Å². The number of piperidine rings is 1. The highest BCUT2D eigenvalue weighted by Gasteiger charge is 2.19. The van der Waals surface area contributed by atoms with Crippen LogP contribution >= 0.6 is 0 Å². The Morgan fingerprint density at radius 1 is 1.22 bits per heavy atom. The lowest BCUT2D eigenvalue weighted by Crippen LogP contribution is -2.35. The molecular weight excluding hydrogens is 342 g/mol. The number of hydrazone groups is 1. The van der Waals surface area contributed by atoms with Crippen LogP contribution in [0.1, 0.15) is 18.4 Å². The molecular formula is C20H23N5O2. The van der Waals surface area contributed by atoms with Crippen molar-refractivity contribution in [1.82, 2.24) is 10.1 Å². The van der Waals surface area contributed by atoms with Crippen molar-refractivity contribution < 1.29 is 9.26 Å². The van der Waals surface area contributed by atoms with Crippen LogP contribution in [0.3, 0.4) is 0 Å². The molecule has 7 nitrogen and oxygen atoms in total. The molecule has 0 aliphatic carbocycles. The van der Waals surface area contributed by atoms with Crippen LogP contribution in [-0.2, 0) is 0 Å². The Labute approximate surface area is 157 Å². The van der Waals surface area contributed by atoms with Crippen LogP contribution in [0, 0.1) is 0 Å². The molecule has 0 saturated carbocycles. The van der Waals surface area contributed by atoms with Gasteiger partial charge in [-0.25, -0.2) is 0 Å². The Balaban J connectivity index is 1.63. The number of likely N-dealkylation sites (tertiary alicyclic amines) is 1. The maximum Gasteiger partial charge on any atom is 0.174 e. The first-order valence-electron chi connectivity index (χ1n) is 9.03. The quantitative estimate of drug-likeness (QED) is 0.319. The number of ether oxygens (including phenoxy) is 1. The monoisotopic (exact) mass is 365 g/mol. The lowest BCUT2D eigenvalue weighted by atomic mass is 10.1. The minimum Gasteiger partial charge on any atom is -0.490 e. The van der Waals surface area contributed by atoms with E-state index < -0.39 is 0 Å². The van der Waals surface area contributed by atoms with E-state index in [1.807, 2.05) is 42.5 Å². The van der Waals surface area contributed by atoms with Crippen molar-refractivity contribution in [2.24, 2.45) is 16.7 Å². The summed E-state index contributed by atoms with van der Waals surface area (Å²) >= 11 is 0. The molecule has 0 unspecified atom stereocenters. The summed E-state index contributed by atoms with van der Waals surface area (Å²) in [5.41, 5.74) is 8.22. The highest BCUT2D eigenvalue weighted by atomic mass is 16.5. The van der Waals surface area contributed by atoms with Gasteiger partial charge in [-0.15, -0.1) is 0 Å². The second-order valence-corrected chi connectivity index (χ2v) is 6.91. The van der Waals surface area contributed by atoms with E-state index in [1.165, 1.54) is 0 Å². The van der Waals surface area contributed by atoms with Crippen LogP contribution in [0.2, 0.25) is 0 Å². The zero-order valence-electron chi connectivity index (χ0n) is 15.3. The SMILES string of the molecule is CN1CCC(Oc2cccc(-c3onc4ccc(/C(N)=N/N)cc34)c2)CC1. The van der Waals surface area contributed by atoms with Gasteiger partial charge in [-0.2, -0.15) is 5.10 Å². The molecule has 1 saturated heterocycles. The van der Waals surface area contributed by atoms with E-state index in [4.69, 9.17) is 20.8 Å². The first-order chi connectivity index (χ1) is 13.1. The van der Waals surface area contributed by atoms with Gasteiger partial charge in [-0.1, -0.05) is 17.3 Å². The predicted octanol–water partition coefficient (Wildman–Crippen LogP) is 2.55. The molecule has 27 heavy (non-hydrogen) atoms. The fourth-order valence-electron chi connectivity index (χ4n) is 3.39. The van der Waals surface area contributed by atoms with Crippen LogP contribution in [0.15, 0.2) is 52.1 Å². The van der Waals surface area contributed by atoms with E-state index in [2.05, 4.69) is 22.2 Å². The Kier molecular flexibility index (Phi) is 4.68. The Morgan fingerprint density at radius 2 is 2.04 bits per heavy atom. The lowest BCUT2D eigenvalue weighted by molar-refractivity contribution is 0.114. The van der Waals surface area contributed by atoms with E-state index in [9.17, 15) is 0 Å². The summed E-state index contributed by atoms with van der Waals surface area (Å²) in [6, 6.07) is 13.5. The topological polar surface area (TPSA) is 103 Å². The van der Waals surface area contributed by atoms with E-state index in [0.29, 0.717) is 5.76 Å². The molecule has 3 aromatic rings. The summed E-state index contributed by atoms with van der Waals surface area (Å²) in [7, 11) is 2.14. The fourth-order valence-corrected chi connectivity index (χ4v) is 3.39. The molecule has 0 atom stereocenters. The van der Waals surface area contributed by atoms with Crippen molar-refractivity contribution >= 4 is 16.7 Å². The van der Waals surface area contributed by atoms with Gasteiger partial charge in [0, 0.05) is 24.2 Å². The number of amidine groups is 1. The van der Waals surface area contributed by atoms with Crippen LogP contribution in [0.5, 0.6) is 5.75 Å². The predicted molar refractivity (Wildman–Crippen MR) is 106 cm³/mol. The lowest BCUT2D eigenvalue weighted by Gasteiger charge is -2.29. The number of rotatable bonds is 4. The van der Waals surface area contributed by atoms with Crippen LogP contribution in [0.4, 0.5) is 0 Å². The van der Waals surface area contributed by atoms with E-state index in [-0.39, 0.29) is 11.9 Å². The van der Waals surface area contributed by atoms with E-state index in [0.717, 1.165) is 53.7 Å². The molecule has 140 valence electrons. The van der Waals surface area contributed by atoms with Crippen molar-refractivity contribution in [2.45, 2.75) is 18.9 Å². The number of benzene rings is 2. The highest BCUT2D eigenvalue weighted by Crippen LogP contribution is 2.32. The van der Waals surface area contributed by atoms with Gasteiger partial charge < -0.3 is 25.7 Å². The molecule has 7 heteroatoms. The van der Waals surface area contributed by atoms with Gasteiger partial charge in [-0.05, 0) is 50.2 Å². The minimum atomic E-state index is 0.245. The molecule has 0 spiro atoms. The Bertz CT molecular complexity index is 973. The summed E-state index contributed by atoms with van der Waals surface area (Å²) in [6.45, 7) is 2.12. The molecule has 1 aliphatic rings. The summed E-state index contributed by atoms with van der Waals surface area (Å²) in [6.07, 6.45) is 2.31. The summed E-state index contributed by atoms with van der Waals surface area (Å²) in [5.74, 6) is 7.07. The number of fused-ring (bicyclic) bond motifs is 1. The average Bonchev–Trinajstić information content (AvgIpc) is 3.12. The summed E-state index contributed by atoms with van der Waals surface area (Å²) in [5, 5.41) is 8.56. The van der Waals surface area contributed by atoms with E-state index >= 15 is 0 Å². The minimum absolute atomic E-state index is 0.245. The van der Waals surface area contributed by atoms with Gasteiger partial charge in [0.05, 0.1) is 5.39 Å². The molecule has 2 aromatic carbocycles. The maximum atomic E-state index is 6.19. The first kappa shape index (κ1) is 17.4. The fraction of sp³-hybridized carbons (Fsp3) is 0.300. The number of aromatic nitrogens is 1. The van der Waals surface area contributed by atoms with Crippen molar-refractivity contribution in [1.29, 1.82) is 0 Å². The van der Waals surface area contributed by atoms with Crippen molar-refractivity contribution in [2.75, 3.05) is 20.1 Å². The zero-order chi connectivity index (χ0) is 18.8. The van der Waals surface area contributed by atoms with Crippen molar-refractivity contribution in [3.8, 4) is 17.1 Å². The Morgan fingerprint density at radius 3 is 2.81 bits per heavy atom. The number of hydrogen-bond donors (Lipinski definition) is 2. The van der Waals surface area contributed by atoms with Crippen LogP contribution < -0.4 is 16.3 Å². The average molecular weight is 365 g/mol. The molecule has 0 bridgehead atoms. The highest BCUT2D eigenvalue weighted by molar-refractivity contribution is 6.02. The Hall–Kier alpha value is -3.06. The standard InChI is InChI=1S/C20H23N5O2/c1-25-9-7-15(8-10-25)26-16-4-2-3-13(11-16)19-17-12-14(20(21)23-22)5-6-18(17)24-27-19/h2-6,11-12,15H,7-10,22H2,1H3,(H2,21,23). The van der Waals surface area contributed by atoms with Gasteiger partial charge in [0.25, 0.3) is 0 Å². The van der Waals surface area contributed by atoms with E-state index in [1.54, 1.807) is 0 Å². The molecule has 4 N–H and O–H groups in total. The number of hydrogen-bond acceptors (Lipinski definition) is 6. The van der Waals surface area contributed by atoms with Crippen LogP contribution in [0.25, 0.3) is 22.2 Å².